The fraction of sp³-hybridized carbons (Fsp3) is 0.556. The highest BCUT2D eigenvalue weighted by molar-refractivity contribution is 8.01. The first-order chi connectivity index (χ1) is 5.86. The van der Waals surface area contributed by atoms with Crippen molar-refractivity contribution in [3.63, 3.8) is 0 Å². The first-order valence-corrected chi connectivity index (χ1v) is 6.63. The summed E-state index contributed by atoms with van der Waals surface area (Å²) in [6.45, 7) is 2.23. The topological polar surface area (TPSA) is 0 Å². The average molecular weight is 218 g/mol. The van der Waals surface area contributed by atoms with Gasteiger partial charge in [-0.25, -0.2) is 0 Å². The van der Waals surface area contributed by atoms with Crippen LogP contribution in [-0.4, -0.2) is 11.5 Å². The summed E-state index contributed by atoms with van der Waals surface area (Å²) in [5.74, 6) is 2.98. The molecule has 0 aliphatic rings. The number of hydrogen-bond acceptors (Lipinski definition) is 3. The lowest BCUT2D eigenvalue weighted by Gasteiger charge is -2.09. The highest BCUT2D eigenvalue weighted by Gasteiger charge is 2.04. The molecule has 0 aliphatic carbocycles. The van der Waals surface area contributed by atoms with Crippen LogP contribution in [0.25, 0.3) is 0 Å². The van der Waals surface area contributed by atoms with E-state index in [1.165, 1.54) is 16.4 Å². The molecule has 1 aromatic rings. The third kappa shape index (κ3) is 3.42. The van der Waals surface area contributed by atoms with Gasteiger partial charge in [0.05, 0.1) is 4.21 Å². The van der Waals surface area contributed by atoms with Crippen LogP contribution in [0.2, 0.25) is 0 Å². The van der Waals surface area contributed by atoms with E-state index in [0.717, 1.165) is 11.7 Å². The van der Waals surface area contributed by atoms with Crippen LogP contribution in [0.1, 0.15) is 13.3 Å². The van der Waals surface area contributed by atoms with E-state index in [1.54, 1.807) is 0 Å². The minimum atomic E-state index is 0.764. The zero-order chi connectivity index (χ0) is 8.81. The standard InChI is InChI=1S/C9H14S3/c1-2-8(6-10)7-12-9-4-3-5-11-9/h3-5,8,10H,2,6-7H2,1H3. The first-order valence-electron chi connectivity index (χ1n) is 4.14. The van der Waals surface area contributed by atoms with Crippen molar-refractivity contribution < 1.29 is 0 Å². The van der Waals surface area contributed by atoms with Gasteiger partial charge in [0, 0.05) is 5.75 Å². The van der Waals surface area contributed by atoms with Crippen molar-refractivity contribution >= 4 is 35.7 Å². The Morgan fingerprint density at radius 3 is 3.00 bits per heavy atom. The molecule has 1 heterocycles. The van der Waals surface area contributed by atoms with Gasteiger partial charge in [-0.2, -0.15) is 12.6 Å². The lowest BCUT2D eigenvalue weighted by molar-refractivity contribution is 0.650. The molecule has 0 amide bonds. The van der Waals surface area contributed by atoms with Gasteiger partial charge in [0.25, 0.3) is 0 Å². The van der Waals surface area contributed by atoms with E-state index in [9.17, 15) is 0 Å². The lowest BCUT2D eigenvalue weighted by atomic mass is 10.2. The van der Waals surface area contributed by atoms with Crippen LogP contribution in [0.4, 0.5) is 0 Å². The van der Waals surface area contributed by atoms with Crippen LogP contribution in [-0.2, 0) is 0 Å². The monoisotopic (exact) mass is 218 g/mol. The number of thiol groups is 1. The maximum atomic E-state index is 4.32. The molecule has 1 rings (SSSR count). The maximum Gasteiger partial charge on any atom is 0.0598 e. The SMILES string of the molecule is CCC(CS)CSc1cccs1. The van der Waals surface area contributed by atoms with Crippen LogP contribution in [0.5, 0.6) is 0 Å². The van der Waals surface area contributed by atoms with Crippen LogP contribution >= 0.6 is 35.7 Å². The third-order valence-corrected chi connectivity index (χ3v) is 4.67. The highest BCUT2D eigenvalue weighted by atomic mass is 32.2. The summed E-state index contributed by atoms with van der Waals surface area (Å²) >= 11 is 8.09. The maximum absolute atomic E-state index is 4.32. The molecular formula is C9H14S3. The van der Waals surface area contributed by atoms with Crippen molar-refractivity contribution in [2.45, 2.75) is 17.6 Å². The predicted octanol–water partition coefficient (Wildman–Crippen LogP) is 3.80. The Bertz CT molecular complexity index is 190. The van der Waals surface area contributed by atoms with E-state index in [4.69, 9.17) is 0 Å². The molecule has 0 saturated carbocycles. The van der Waals surface area contributed by atoms with Crippen LogP contribution in [0, 0.1) is 5.92 Å². The largest absolute Gasteiger partial charge is 0.179 e. The van der Waals surface area contributed by atoms with Gasteiger partial charge in [-0.3, -0.25) is 0 Å². The van der Waals surface area contributed by atoms with E-state index in [0.29, 0.717) is 0 Å². The molecule has 0 bridgehead atoms. The average Bonchev–Trinajstić information content (AvgIpc) is 2.59. The molecule has 1 aromatic heterocycles. The molecule has 0 saturated heterocycles. The minimum absolute atomic E-state index is 0.764. The molecule has 0 nitrogen and oxygen atoms in total. The summed E-state index contributed by atoms with van der Waals surface area (Å²) < 4.78 is 1.43. The van der Waals surface area contributed by atoms with Gasteiger partial charge < -0.3 is 0 Å². The molecule has 0 fully saturated rings. The lowest BCUT2D eigenvalue weighted by Crippen LogP contribution is -2.02. The normalized spacial score (nSPS) is 13.2. The number of rotatable bonds is 5. The van der Waals surface area contributed by atoms with E-state index in [1.807, 2.05) is 23.1 Å². The van der Waals surface area contributed by atoms with E-state index >= 15 is 0 Å². The smallest absolute Gasteiger partial charge is 0.0598 e. The molecule has 12 heavy (non-hydrogen) atoms. The summed E-state index contributed by atoms with van der Waals surface area (Å²) in [5.41, 5.74) is 0. The van der Waals surface area contributed by atoms with Crippen molar-refractivity contribution in [1.82, 2.24) is 0 Å². The zero-order valence-corrected chi connectivity index (χ0v) is 9.72. The van der Waals surface area contributed by atoms with Crippen molar-refractivity contribution in [1.29, 1.82) is 0 Å². The van der Waals surface area contributed by atoms with Crippen molar-refractivity contribution in [2.24, 2.45) is 5.92 Å². The quantitative estimate of drug-likeness (QED) is 0.579. The Morgan fingerprint density at radius 2 is 2.50 bits per heavy atom. The molecule has 68 valence electrons. The van der Waals surface area contributed by atoms with Gasteiger partial charge in [0.2, 0.25) is 0 Å². The van der Waals surface area contributed by atoms with Crippen LogP contribution in [0.15, 0.2) is 21.7 Å². The number of thiophene rings is 1. The van der Waals surface area contributed by atoms with Crippen LogP contribution in [0.3, 0.4) is 0 Å². The molecular weight excluding hydrogens is 204 g/mol. The number of hydrogen-bond donors (Lipinski definition) is 1. The van der Waals surface area contributed by atoms with Gasteiger partial charge in [-0.05, 0) is 23.1 Å². The molecule has 0 spiro atoms. The molecule has 0 aliphatic heterocycles. The highest BCUT2D eigenvalue weighted by Crippen LogP contribution is 2.26. The molecule has 1 unspecified atom stereocenters. The first kappa shape index (κ1) is 10.5. The zero-order valence-electron chi connectivity index (χ0n) is 7.19. The fourth-order valence-corrected chi connectivity index (χ4v) is 3.43. The Hall–Kier alpha value is 0.400. The van der Waals surface area contributed by atoms with E-state index in [-0.39, 0.29) is 0 Å². The second-order valence-electron chi connectivity index (χ2n) is 2.70. The van der Waals surface area contributed by atoms with Crippen LogP contribution < -0.4 is 0 Å². The summed E-state index contributed by atoms with van der Waals surface area (Å²) in [6.07, 6.45) is 1.24. The molecule has 0 radical (unpaired) electrons. The van der Waals surface area contributed by atoms with Gasteiger partial charge in [0.1, 0.15) is 0 Å². The summed E-state index contributed by atoms with van der Waals surface area (Å²) in [6, 6.07) is 4.29. The second kappa shape index (κ2) is 5.95. The van der Waals surface area contributed by atoms with Gasteiger partial charge in [-0.1, -0.05) is 19.4 Å². The third-order valence-electron chi connectivity index (χ3n) is 1.79. The van der Waals surface area contributed by atoms with Crippen molar-refractivity contribution in [3.8, 4) is 0 Å². The van der Waals surface area contributed by atoms with Gasteiger partial charge in [0.15, 0.2) is 0 Å². The molecule has 1 atom stereocenters. The summed E-state index contributed by atoms with van der Waals surface area (Å²) in [4.78, 5) is 0. The Balaban J connectivity index is 2.25. The van der Waals surface area contributed by atoms with Gasteiger partial charge >= 0.3 is 0 Å². The molecule has 0 N–H and O–H groups in total. The Morgan fingerprint density at radius 1 is 1.67 bits per heavy atom. The second-order valence-corrected chi connectivity index (χ2v) is 5.33. The fourth-order valence-electron chi connectivity index (χ4n) is 0.845. The Kier molecular flexibility index (Phi) is 5.19. The van der Waals surface area contributed by atoms with E-state index < -0.39 is 0 Å². The van der Waals surface area contributed by atoms with Crippen molar-refractivity contribution in [3.05, 3.63) is 17.5 Å². The van der Waals surface area contributed by atoms with Crippen molar-refractivity contribution in [2.75, 3.05) is 11.5 Å². The molecule has 3 heteroatoms. The van der Waals surface area contributed by atoms with Gasteiger partial charge in [-0.15, -0.1) is 23.1 Å². The van der Waals surface area contributed by atoms with E-state index in [2.05, 4.69) is 37.1 Å². The summed E-state index contributed by atoms with van der Waals surface area (Å²) in [5, 5.41) is 2.13. The molecule has 0 aromatic carbocycles. The minimum Gasteiger partial charge on any atom is -0.179 e. The summed E-state index contributed by atoms with van der Waals surface area (Å²) in [7, 11) is 0. The number of thioether (sulfide) groups is 1. The Labute approximate surface area is 88.2 Å². The predicted molar refractivity (Wildman–Crippen MR) is 62.7 cm³/mol.